The third-order valence-electron chi connectivity index (χ3n) is 7.75. The van der Waals surface area contributed by atoms with Crippen LogP contribution in [0.4, 0.5) is 17.1 Å². The Balaban J connectivity index is 1.25. The molecule has 0 fully saturated rings. The van der Waals surface area contributed by atoms with Crippen molar-refractivity contribution in [1.29, 1.82) is 0 Å². The average molecular weight is 500 g/mol. The Morgan fingerprint density at radius 1 is 0.436 bits per heavy atom. The zero-order valence-corrected chi connectivity index (χ0v) is 22.2. The normalized spacial score (nSPS) is 11.7. The Morgan fingerprint density at radius 3 is 1.51 bits per heavy atom. The molecular formula is C38H29N. The van der Waals surface area contributed by atoms with Crippen molar-refractivity contribution >= 4 is 61.5 Å². The first kappa shape index (κ1) is 23.3. The molecule has 186 valence electrons. The molecule has 0 atom stereocenters. The summed E-state index contributed by atoms with van der Waals surface area (Å²) in [7, 11) is 0. The maximum Gasteiger partial charge on any atom is 0.0462 e. The van der Waals surface area contributed by atoms with Gasteiger partial charge in [0.2, 0.25) is 0 Å². The van der Waals surface area contributed by atoms with E-state index in [1.807, 2.05) is 0 Å². The van der Waals surface area contributed by atoms with Gasteiger partial charge in [0.1, 0.15) is 0 Å². The fourth-order valence-electron chi connectivity index (χ4n) is 5.66. The van der Waals surface area contributed by atoms with Gasteiger partial charge in [-0.25, -0.2) is 0 Å². The number of rotatable bonds is 5. The lowest BCUT2D eigenvalue weighted by molar-refractivity contribution is 1.27. The summed E-state index contributed by atoms with van der Waals surface area (Å²) in [6.07, 6.45) is 4.47. The van der Waals surface area contributed by atoms with E-state index in [0.717, 1.165) is 17.1 Å². The minimum absolute atomic E-state index is 1.14. The maximum atomic E-state index is 2.31. The van der Waals surface area contributed by atoms with Gasteiger partial charge in [-0.15, -0.1) is 0 Å². The molecule has 7 rings (SSSR count). The van der Waals surface area contributed by atoms with Crippen LogP contribution in [0.2, 0.25) is 0 Å². The quantitative estimate of drug-likeness (QED) is 0.168. The second-order valence-corrected chi connectivity index (χ2v) is 10.4. The minimum Gasteiger partial charge on any atom is -0.311 e. The highest BCUT2D eigenvalue weighted by molar-refractivity contribution is 6.24. The molecule has 7 aromatic rings. The number of nitrogens with zero attached hydrogens (tertiary/aromatic N) is 1. The van der Waals surface area contributed by atoms with Gasteiger partial charge in [-0.1, -0.05) is 114 Å². The second-order valence-electron chi connectivity index (χ2n) is 10.4. The van der Waals surface area contributed by atoms with E-state index >= 15 is 0 Å². The lowest BCUT2D eigenvalue weighted by Crippen LogP contribution is -2.09. The number of hydrogen-bond acceptors (Lipinski definition) is 1. The first-order valence-electron chi connectivity index (χ1n) is 13.5. The van der Waals surface area contributed by atoms with Gasteiger partial charge in [0, 0.05) is 17.1 Å². The Labute approximate surface area is 229 Å². The lowest BCUT2D eigenvalue weighted by atomic mass is 9.92. The van der Waals surface area contributed by atoms with Crippen LogP contribution in [0.15, 0.2) is 127 Å². The Morgan fingerprint density at radius 2 is 0.923 bits per heavy atom. The summed E-state index contributed by atoms with van der Waals surface area (Å²) >= 11 is 0. The van der Waals surface area contributed by atoms with Crippen molar-refractivity contribution in [3.8, 4) is 0 Å². The molecule has 0 aliphatic carbocycles. The molecule has 0 bridgehead atoms. The van der Waals surface area contributed by atoms with Gasteiger partial charge < -0.3 is 4.90 Å². The van der Waals surface area contributed by atoms with Crippen LogP contribution in [0.3, 0.4) is 0 Å². The van der Waals surface area contributed by atoms with Gasteiger partial charge >= 0.3 is 0 Å². The van der Waals surface area contributed by atoms with E-state index in [1.165, 1.54) is 54.6 Å². The highest BCUT2D eigenvalue weighted by Gasteiger charge is 2.13. The smallest absolute Gasteiger partial charge is 0.0462 e. The molecular weight excluding hydrogens is 470 g/mol. The zero-order chi connectivity index (χ0) is 26.3. The Kier molecular flexibility index (Phi) is 5.64. The van der Waals surface area contributed by atoms with Crippen LogP contribution in [0.1, 0.15) is 22.3 Å². The highest BCUT2D eigenvalue weighted by Crippen LogP contribution is 2.37. The summed E-state index contributed by atoms with van der Waals surface area (Å²) in [6.45, 7) is 4.25. The molecule has 0 radical (unpaired) electrons. The second kappa shape index (κ2) is 9.45. The van der Waals surface area contributed by atoms with Crippen molar-refractivity contribution < 1.29 is 0 Å². The SMILES string of the molecule is Cc1ccc(N(c2ccc(C)cc2)c2ccc(/C=C/c3ccc4ccc5cccc6ccc3c4c56)cc2)cc1. The standard InChI is InChI=1S/C38H29N/c1-26-6-19-33(20-7-26)39(34-21-8-27(2)9-22-34)35-23-11-28(12-24-35)10-13-29-14-15-32-17-16-30-4-3-5-31-18-25-36(29)38(32)37(30)31/h3-25H,1-2H3/b13-10+. The monoisotopic (exact) mass is 499 g/mol. The number of anilines is 3. The summed E-state index contributed by atoms with van der Waals surface area (Å²) in [5, 5.41) is 7.91. The first-order valence-corrected chi connectivity index (χ1v) is 13.5. The van der Waals surface area contributed by atoms with E-state index in [0.29, 0.717) is 0 Å². The first-order chi connectivity index (χ1) is 19.1. The van der Waals surface area contributed by atoms with E-state index in [9.17, 15) is 0 Å². The van der Waals surface area contributed by atoms with E-state index in [2.05, 4.69) is 158 Å². The van der Waals surface area contributed by atoms with Crippen molar-refractivity contribution in [3.05, 3.63) is 150 Å². The predicted octanol–water partition coefficient (Wildman–Crippen LogP) is 10.8. The average Bonchev–Trinajstić information content (AvgIpc) is 2.98. The van der Waals surface area contributed by atoms with Gasteiger partial charge in [-0.3, -0.25) is 0 Å². The van der Waals surface area contributed by atoms with Crippen molar-refractivity contribution in [1.82, 2.24) is 0 Å². The van der Waals surface area contributed by atoms with Crippen molar-refractivity contribution in [2.24, 2.45) is 0 Å². The van der Waals surface area contributed by atoms with E-state index in [-0.39, 0.29) is 0 Å². The van der Waals surface area contributed by atoms with Crippen molar-refractivity contribution in [2.75, 3.05) is 4.90 Å². The van der Waals surface area contributed by atoms with Crippen molar-refractivity contribution in [3.63, 3.8) is 0 Å². The minimum atomic E-state index is 1.14. The van der Waals surface area contributed by atoms with Crippen LogP contribution in [-0.2, 0) is 0 Å². The molecule has 7 aromatic carbocycles. The molecule has 0 heterocycles. The summed E-state index contributed by atoms with van der Waals surface area (Å²) in [6, 6.07) is 46.3. The predicted molar refractivity (Wildman–Crippen MR) is 170 cm³/mol. The van der Waals surface area contributed by atoms with Crippen LogP contribution in [-0.4, -0.2) is 0 Å². The van der Waals surface area contributed by atoms with Crippen LogP contribution < -0.4 is 4.90 Å². The Bertz CT molecular complexity index is 1880. The molecule has 0 amide bonds. The molecule has 0 aromatic heterocycles. The molecule has 0 aliphatic heterocycles. The summed E-state index contributed by atoms with van der Waals surface area (Å²) in [4.78, 5) is 2.31. The van der Waals surface area contributed by atoms with Gasteiger partial charge in [0.25, 0.3) is 0 Å². The molecule has 1 heteroatoms. The molecule has 0 N–H and O–H groups in total. The zero-order valence-electron chi connectivity index (χ0n) is 22.2. The Hall–Kier alpha value is -4.88. The summed E-state index contributed by atoms with van der Waals surface area (Å²) < 4.78 is 0. The third-order valence-corrected chi connectivity index (χ3v) is 7.75. The summed E-state index contributed by atoms with van der Waals surface area (Å²) in [5.41, 5.74) is 8.39. The van der Waals surface area contributed by atoms with Crippen LogP contribution in [0, 0.1) is 13.8 Å². The van der Waals surface area contributed by atoms with Crippen LogP contribution in [0.5, 0.6) is 0 Å². The molecule has 0 saturated carbocycles. The lowest BCUT2D eigenvalue weighted by Gasteiger charge is -2.25. The van der Waals surface area contributed by atoms with E-state index in [1.54, 1.807) is 0 Å². The highest BCUT2D eigenvalue weighted by atomic mass is 15.1. The van der Waals surface area contributed by atoms with Gasteiger partial charge in [-0.2, -0.15) is 0 Å². The molecule has 39 heavy (non-hydrogen) atoms. The van der Waals surface area contributed by atoms with Gasteiger partial charge in [-0.05, 0) is 93.7 Å². The third kappa shape index (κ3) is 4.23. The number of aryl methyl sites for hydroxylation is 2. The topological polar surface area (TPSA) is 3.24 Å². The molecule has 1 nitrogen and oxygen atoms in total. The maximum absolute atomic E-state index is 2.31. The van der Waals surface area contributed by atoms with E-state index < -0.39 is 0 Å². The van der Waals surface area contributed by atoms with Crippen LogP contribution >= 0.6 is 0 Å². The summed E-state index contributed by atoms with van der Waals surface area (Å²) in [5.74, 6) is 0. The number of hydrogen-bond donors (Lipinski definition) is 0. The number of benzene rings is 7. The van der Waals surface area contributed by atoms with Crippen molar-refractivity contribution in [2.45, 2.75) is 13.8 Å². The van der Waals surface area contributed by atoms with E-state index in [4.69, 9.17) is 0 Å². The fraction of sp³-hybridized carbons (Fsp3) is 0.0526. The van der Waals surface area contributed by atoms with Crippen LogP contribution in [0.25, 0.3) is 44.5 Å². The molecule has 0 aliphatic rings. The van der Waals surface area contributed by atoms with Gasteiger partial charge in [0.15, 0.2) is 0 Å². The fourth-order valence-corrected chi connectivity index (χ4v) is 5.66. The van der Waals surface area contributed by atoms with Gasteiger partial charge in [0.05, 0.1) is 0 Å². The molecule has 0 saturated heterocycles. The molecule has 0 spiro atoms. The molecule has 0 unspecified atom stereocenters. The largest absolute Gasteiger partial charge is 0.311 e.